The van der Waals surface area contributed by atoms with Crippen LogP contribution in [0.5, 0.6) is 0 Å². The van der Waals surface area contributed by atoms with Crippen molar-refractivity contribution in [2.45, 2.75) is 52.4 Å². The van der Waals surface area contributed by atoms with Crippen LogP contribution < -0.4 is 5.32 Å². The van der Waals surface area contributed by atoms with Crippen LogP contribution in [-0.4, -0.2) is 41.0 Å². The van der Waals surface area contributed by atoms with Gasteiger partial charge in [-0.2, -0.15) is 11.8 Å². The highest BCUT2D eigenvalue weighted by Gasteiger charge is 2.12. The lowest BCUT2D eigenvalue weighted by Crippen LogP contribution is -2.33. The molecule has 0 aliphatic rings. The van der Waals surface area contributed by atoms with E-state index in [9.17, 15) is 0 Å². The van der Waals surface area contributed by atoms with Gasteiger partial charge in [-0.1, -0.05) is 26.8 Å². The van der Waals surface area contributed by atoms with E-state index in [1.807, 2.05) is 18.0 Å². The predicted molar refractivity (Wildman–Crippen MR) is 90.1 cm³/mol. The summed E-state index contributed by atoms with van der Waals surface area (Å²) >= 11 is 1.91. The van der Waals surface area contributed by atoms with E-state index in [1.165, 1.54) is 17.7 Å². The molecule has 1 aromatic heterocycles. The molecule has 0 aliphatic heterocycles. The number of hydrogen-bond donors (Lipinski definition) is 1. The molecule has 0 radical (unpaired) electrons. The molecule has 0 aromatic carbocycles. The number of thioether (sulfide) groups is 1. The maximum atomic E-state index is 4.58. The zero-order valence-corrected chi connectivity index (χ0v) is 14.3. The summed E-state index contributed by atoms with van der Waals surface area (Å²) in [6.07, 6.45) is 5.35. The van der Waals surface area contributed by atoms with Gasteiger partial charge in [-0.25, -0.2) is 0 Å². The molecule has 0 amide bonds. The molecule has 0 bridgehead atoms. The first-order valence-electron chi connectivity index (χ1n) is 7.43. The maximum Gasteiger partial charge on any atom is 0.0544 e. The van der Waals surface area contributed by atoms with Crippen LogP contribution in [0, 0.1) is 0 Å². The van der Waals surface area contributed by atoms with Crippen LogP contribution >= 0.6 is 11.8 Å². The van der Waals surface area contributed by atoms with Gasteiger partial charge in [0.1, 0.15) is 0 Å². The van der Waals surface area contributed by atoms with Gasteiger partial charge < -0.3 is 5.32 Å². The Labute approximate surface area is 128 Å². The van der Waals surface area contributed by atoms with Crippen molar-refractivity contribution in [2.75, 3.05) is 19.1 Å². The molecule has 1 heterocycles. The summed E-state index contributed by atoms with van der Waals surface area (Å²) in [6.45, 7) is 8.40. The van der Waals surface area contributed by atoms with E-state index >= 15 is 0 Å². The second-order valence-corrected chi connectivity index (χ2v) is 6.54. The van der Waals surface area contributed by atoms with Crippen LogP contribution in [0.3, 0.4) is 0 Å². The number of aromatic nitrogens is 1. The van der Waals surface area contributed by atoms with Gasteiger partial charge in [0.25, 0.3) is 0 Å². The van der Waals surface area contributed by atoms with E-state index < -0.39 is 0 Å². The van der Waals surface area contributed by atoms with E-state index in [0.717, 1.165) is 18.8 Å². The highest BCUT2D eigenvalue weighted by molar-refractivity contribution is 7.98. The minimum atomic E-state index is 0.512. The molecular weight excluding hydrogens is 266 g/mol. The topological polar surface area (TPSA) is 28.2 Å². The first-order chi connectivity index (χ1) is 9.56. The molecule has 0 fully saturated rings. The monoisotopic (exact) mass is 295 g/mol. The summed E-state index contributed by atoms with van der Waals surface area (Å²) in [7, 11) is 2.19. The van der Waals surface area contributed by atoms with Crippen LogP contribution in [0.15, 0.2) is 18.3 Å². The van der Waals surface area contributed by atoms with Crippen molar-refractivity contribution in [1.29, 1.82) is 0 Å². The Bertz CT molecular complexity index is 364. The van der Waals surface area contributed by atoms with E-state index in [2.05, 4.69) is 61.4 Å². The van der Waals surface area contributed by atoms with Crippen molar-refractivity contribution < 1.29 is 0 Å². The van der Waals surface area contributed by atoms with Crippen LogP contribution in [0.2, 0.25) is 0 Å². The van der Waals surface area contributed by atoms with Crippen molar-refractivity contribution in [1.82, 2.24) is 15.2 Å². The fraction of sp³-hybridized carbons (Fsp3) is 0.688. The van der Waals surface area contributed by atoms with Gasteiger partial charge in [0.2, 0.25) is 0 Å². The van der Waals surface area contributed by atoms with Gasteiger partial charge in [-0.3, -0.25) is 9.88 Å². The van der Waals surface area contributed by atoms with Crippen molar-refractivity contribution in [3.05, 3.63) is 29.6 Å². The number of rotatable bonds is 9. The minimum Gasteiger partial charge on any atom is -0.310 e. The second-order valence-electron chi connectivity index (χ2n) is 5.63. The van der Waals surface area contributed by atoms with Crippen LogP contribution in [0.4, 0.5) is 0 Å². The van der Waals surface area contributed by atoms with Gasteiger partial charge in [0.15, 0.2) is 0 Å². The Morgan fingerprint density at radius 3 is 2.60 bits per heavy atom. The van der Waals surface area contributed by atoms with Crippen molar-refractivity contribution in [3.63, 3.8) is 0 Å². The molecule has 0 saturated carbocycles. The lowest BCUT2D eigenvalue weighted by Gasteiger charge is -2.26. The largest absolute Gasteiger partial charge is 0.310 e. The SMILES string of the molecule is CCC(CSC)N(C)Cc1ccc(CNC(C)C)cn1. The van der Waals surface area contributed by atoms with E-state index in [-0.39, 0.29) is 0 Å². The molecule has 0 spiro atoms. The van der Waals surface area contributed by atoms with E-state index in [0.29, 0.717) is 12.1 Å². The van der Waals surface area contributed by atoms with Gasteiger partial charge in [0, 0.05) is 37.1 Å². The zero-order valence-electron chi connectivity index (χ0n) is 13.5. The molecule has 20 heavy (non-hydrogen) atoms. The fourth-order valence-corrected chi connectivity index (χ4v) is 2.98. The smallest absolute Gasteiger partial charge is 0.0544 e. The normalized spacial score (nSPS) is 13.2. The van der Waals surface area contributed by atoms with Crippen molar-refractivity contribution >= 4 is 11.8 Å². The molecular formula is C16H29N3S. The first kappa shape index (κ1) is 17.5. The summed E-state index contributed by atoms with van der Waals surface area (Å²) in [5, 5.41) is 3.41. The third-order valence-corrected chi connectivity index (χ3v) is 4.18. The zero-order chi connectivity index (χ0) is 15.0. The Morgan fingerprint density at radius 1 is 1.35 bits per heavy atom. The number of hydrogen-bond acceptors (Lipinski definition) is 4. The Morgan fingerprint density at radius 2 is 2.10 bits per heavy atom. The Hall–Kier alpha value is -0.580. The standard InChI is InChI=1S/C16H29N3S/c1-6-16(12-20-5)19(4)11-15-8-7-14(10-18-15)9-17-13(2)3/h7-8,10,13,16-17H,6,9,11-12H2,1-5H3. The van der Waals surface area contributed by atoms with Crippen molar-refractivity contribution in [3.8, 4) is 0 Å². The minimum absolute atomic E-state index is 0.512. The molecule has 1 rings (SSSR count). The number of nitrogens with zero attached hydrogens (tertiary/aromatic N) is 2. The number of pyridine rings is 1. The molecule has 1 aromatic rings. The predicted octanol–water partition coefficient (Wildman–Crippen LogP) is 3.15. The Kier molecular flexibility index (Phi) is 8.19. The molecule has 114 valence electrons. The third kappa shape index (κ3) is 6.25. The Balaban J connectivity index is 2.51. The summed E-state index contributed by atoms with van der Waals surface area (Å²) in [5.74, 6) is 1.18. The van der Waals surface area contributed by atoms with Crippen LogP contribution in [-0.2, 0) is 13.1 Å². The highest BCUT2D eigenvalue weighted by Crippen LogP contribution is 2.11. The number of nitrogens with one attached hydrogen (secondary N) is 1. The molecule has 1 atom stereocenters. The molecule has 4 heteroatoms. The average Bonchev–Trinajstić information content (AvgIpc) is 2.43. The highest BCUT2D eigenvalue weighted by atomic mass is 32.2. The van der Waals surface area contributed by atoms with Gasteiger partial charge in [-0.05, 0) is 31.4 Å². The second kappa shape index (κ2) is 9.37. The first-order valence-corrected chi connectivity index (χ1v) is 8.82. The van der Waals surface area contributed by atoms with Gasteiger partial charge in [-0.15, -0.1) is 0 Å². The van der Waals surface area contributed by atoms with Gasteiger partial charge in [0.05, 0.1) is 5.69 Å². The molecule has 0 saturated heterocycles. The summed E-state index contributed by atoms with van der Waals surface area (Å²) < 4.78 is 0. The summed E-state index contributed by atoms with van der Waals surface area (Å²) in [5.41, 5.74) is 2.40. The maximum absolute atomic E-state index is 4.58. The van der Waals surface area contributed by atoms with E-state index in [1.54, 1.807) is 0 Å². The fourth-order valence-electron chi connectivity index (χ4n) is 2.11. The lowest BCUT2D eigenvalue weighted by molar-refractivity contribution is 0.245. The third-order valence-electron chi connectivity index (χ3n) is 3.47. The van der Waals surface area contributed by atoms with Crippen LogP contribution in [0.25, 0.3) is 0 Å². The van der Waals surface area contributed by atoms with Crippen LogP contribution in [0.1, 0.15) is 38.4 Å². The quantitative estimate of drug-likeness (QED) is 0.757. The van der Waals surface area contributed by atoms with E-state index in [4.69, 9.17) is 0 Å². The average molecular weight is 295 g/mol. The molecule has 0 aliphatic carbocycles. The molecule has 1 N–H and O–H groups in total. The van der Waals surface area contributed by atoms with Crippen molar-refractivity contribution in [2.24, 2.45) is 0 Å². The lowest BCUT2D eigenvalue weighted by atomic mass is 10.2. The summed E-state index contributed by atoms with van der Waals surface area (Å²) in [4.78, 5) is 6.99. The summed E-state index contributed by atoms with van der Waals surface area (Å²) in [6, 6.07) is 5.48. The molecule has 3 nitrogen and oxygen atoms in total. The van der Waals surface area contributed by atoms with Gasteiger partial charge >= 0.3 is 0 Å². The molecule has 1 unspecified atom stereocenters.